The second-order valence-electron chi connectivity index (χ2n) is 4.33. The van der Waals surface area contributed by atoms with Crippen LogP contribution >= 0.6 is 12.8 Å². The second-order valence-corrected chi connectivity index (χ2v) is 4.56. The van der Waals surface area contributed by atoms with E-state index in [9.17, 15) is 9.59 Å². The molecule has 21 heavy (non-hydrogen) atoms. The lowest BCUT2D eigenvalue weighted by Gasteiger charge is -2.25. The Bertz CT molecular complexity index is 602. The monoisotopic (exact) mass is 301 g/mol. The Balaban J connectivity index is 2.21. The van der Waals surface area contributed by atoms with Gasteiger partial charge in [0.25, 0.3) is 0 Å². The number of hydrogen-bond donors (Lipinski definition) is 3. The van der Waals surface area contributed by atoms with Gasteiger partial charge in [-0.2, -0.15) is 0 Å². The number of aldehydes is 1. The van der Waals surface area contributed by atoms with Crippen molar-refractivity contribution < 1.29 is 9.59 Å². The fourth-order valence-corrected chi connectivity index (χ4v) is 1.89. The SMILES string of the molecule is O=Cc1ccc(N(Cc2ccccc2)NC(=O)NS)cc1. The van der Waals surface area contributed by atoms with Crippen molar-refractivity contribution in [3.63, 3.8) is 0 Å². The molecule has 0 radical (unpaired) electrons. The van der Waals surface area contributed by atoms with E-state index >= 15 is 0 Å². The van der Waals surface area contributed by atoms with E-state index in [0.717, 1.165) is 17.5 Å². The first-order valence-corrected chi connectivity index (χ1v) is 6.75. The van der Waals surface area contributed by atoms with E-state index in [-0.39, 0.29) is 0 Å². The predicted octanol–water partition coefficient (Wildman–Crippen LogP) is 2.56. The van der Waals surface area contributed by atoms with Crippen molar-refractivity contribution in [1.82, 2.24) is 10.1 Å². The Morgan fingerprint density at radius 2 is 1.76 bits per heavy atom. The van der Waals surface area contributed by atoms with Crippen LogP contribution in [0.15, 0.2) is 54.6 Å². The zero-order chi connectivity index (χ0) is 15.1. The van der Waals surface area contributed by atoms with Crippen molar-refractivity contribution in [2.45, 2.75) is 6.54 Å². The second kappa shape index (κ2) is 7.35. The van der Waals surface area contributed by atoms with Crippen LogP contribution in [0.5, 0.6) is 0 Å². The number of thiol groups is 1. The predicted molar refractivity (Wildman–Crippen MR) is 85.1 cm³/mol. The summed E-state index contributed by atoms with van der Waals surface area (Å²) in [4.78, 5) is 22.2. The summed E-state index contributed by atoms with van der Waals surface area (Å²) in [6.45, 7) is 0.489. The largest absolute Gasteiger partial charge is 0.343 e. The van der Waals surface area contributed by atoms with Gasteiger partial charge in [-0.3, -0.25) is 14.5 Å². The molecule has 0 aromatic heterocycles. The average molecular weight is 301 g/mol. The number of anilines is 1. The summed E-state index contributed by atoms with van der Waals surface area (Å²) in [6, 6.07) is 16.2. The molecule has 0 aliphatic rings. The van der Waals surface area contributed by atoms with Gasteiger partial charge in [-0.1, -0.05) is 43.1 Å². The number of carbonyl (C=O) groups is 2. The summed E-state index contributed by atoms with van der Waals surface area (Å²) < 4.78 is 2.22. The first kappa shape index (κ1) is 14.9. The smallest absolute Gasteiger partial charge is 0.298 e. The molecule has 2 aromatic carbocycles. The Morgan fingerprint density at radius 1 is 1.10 bits per heavy atom. The van der Waals surface area contributed by atoms with Gasteiger partial charge in [0, 0.05) is 5.56 Å². The summed E-state index contributed by atoms with van der Waals surface area (Å²) in [5.74, 6) is 0. The van der Waals surface area contributed by atoms with Gasteiger partial charge >= 0.3 is 6.03 Å². The standard InChI is InChI=1S/C15H15N3O2S/c19-11-13-6-8-14(9-7-13)18(16-15(20)17-21)10-12-4-2-1-3-5-12/h1-9,11,21H,10H2,(H2,16,17,20). The molecule has 0 fully saturated rings. The molecule has 2 N–H and O–H groups in total. The van der Waals surface area contributed by atoms with E-state index in [0.29, 0.717) is 12.1 Å². The van der Waals surface area contributed by atoms with Crippen LogP contribution in [-0.2, 0) is 6.54 Å². The van der Waals surface area contributed by atoms with Crippen molar-refractivity contribution in [2.75, 3.05) is 5.01 Å². The van der Waals surface area contributed by atoms with Crippen LogP contribution in [0.25, 0.3) is 0 Å². The van der Waals surface area contributed by atoms with Crippen molar-refractivity contribution >= 4 is 30.8 Å². The summed E-state index contributed by atoms with van der Waals surface area (Å²) in [5.41, 5.74) is 5.07. The Labute approximate surface area is 128 Å². The minimum absolute atomic E-state index is 0.436. The molecule has 0 atom stereocenters. The van der Waals surface area contributed by atoms with Crippen LogP contribution in [0.3, 0.4) is 0 Å². The molecule has 0 aliphatic carbocycles. The molecule has 0 spiro atoms. The van der Waals surface area contributed by atoms with E-state index < -0.39 is 6.03 Å². The topological polar surface area (TPSA) is 61.4 Å². The van der Waals surface area contributed by atoms with Gasteiger partial charge in [0.05, 0.1) is 12.2 Å². The third kappa shape index (κ3) is 4.25. The van der Waals surface area contributed by atoms with E-state index in [1.807, 2.05) is 30.3 Å². The third-order valence-electron chi connectivity index (χ3n) is 2.86. The lowest BCUT2D eigenvalue weighted by Crippen LogP contribution is -2.44. The summed E-state index contributed by atoms with van der Waals surface area (Å²) in [7, 11) is 0. The quantitative estimate of drug-likeness (QED) is 0.452. The fourth-order valence-electron chi connectivity index (χ4n) is 1.84. The van der Waals surface area contributed by atoms with Crippen LogP contribution < -0.4 is 15.2 Å². The number of rotatable bonds is 5. The number of urea groups is 1. The Morgan fingerprint density at radius 3 is 2.33 bits per heavy atom. The van der Waals surface area contributed by atoms with Crippen molar-refractivity contribution in [3.05, 3.63) is 65.7 Å². The highest BCUT2D eigenvalue weighted by Gasteiger charge is 2.10. The van der Waals surface area contributed by atoms with Gasteiger partial charge < -0.3 is 0 Å². The number of hydrazine groups is 1. The minimum atomic E-state index is -0.436. The highest BCUT2D eigenvalue weighted by molar-refractivity contribution is 7.78. The average Bonchev–Trinajstić information content (AvgIpc) is 2.55. The molecule has 2 rings (SSSR count). The minimum Gasteiger partial charge on any atom is -0.298 e. The molecule has 2 aromatic rings. The van der Waals surface area contributed by atoms with Crippen molar-refractivity contribution in [1.29, 1.82) is 0 Å². The zero-order valence-corrected chi connectivity index (χ0v) is 12.1. The molecule has 0 unspecified atom stereocenters. The first-order valence-electron chi connectivity index (χ1n) is 6.30. The van der Waals surface area contributed by atoms with Crippen LogP contribution in [0.4, 0.5) is 10.5 Å². The number of benzene rings is 2. The van der Waals surface area contributed by atoms with Crippen LogP contribution in [0.2, 0.25) is 0 Å². The lowest BCUT2D eigenvalue weighted by molar-refractivity contribution is 0.112. The normalized spacial score (nSPS) is 9.76. The fraction of sp³-hybridized carbons (Fsp3) is 0.0667. The van der Waals surface area contributed by atoms with Gasteiger partial charge in [0.1, 0.15) is 6.29 Å². The van der Waals surface area contributed by atoms with Gasteiger partial charge in [0.15, 0.2) is 0 Å². The molecule has 6 heteroatoms. The zero-order valence-electron chi connectivity index (χ0n) is 11.2. The van der Waals surface area contributed by atoms with E-state index in [4.69, 9.17) is 0 Å². The van der Waals surface area contributed by atoms with Crippen LogP contribution in [0.1, 0.15) is 15.9 Å². The number of carbonyl (C=O) groups excluding carboxylic acids is 2. The molecule has 0 saturated carbocycles. The summed E-state index contributed by atoms with van der Waals surface area (Å²) in [5, 5.41) is 1.68. The van der Waals surface area contributed by atoms with Gasteiger partial charge in [0.2, 0.25) is 0 Å². The number of hydrogen-bond acceptors (Lipinski definition) is 4. The molecule has 0 saturated heterocycles. The van der Waals surface area contributed by atoms with Crippen LogP contribution in [-0.4, -0.2) is 12.3 Å². The molecule has 5 nitrogen and oxygen atoms in total. The van der Waals surface area contributed by atoms with Gasteiger partial charge in [-0.25, -0.2) is 10.2 Å². The van der Waals surface area contributed by atoms with E-state index in [1.54, 1.807) is 29.3 Å². The first-order chi connectivity index (χ1) is 10.2. The lowest BCUT2D eigenvalue weighted by atomic mass is 10.2. The maximum atomic E-state index is 11.5. The maximum Gasteiger partial charge on any atom is 0.343 e. The Kier molecular flexibility index (Phi) is 5.22. The molecule has 0 bridgehead atoms. The van der Waals surface area contributed by atoms with E-state index in [2.05, 4.69) is 23.0 Å². The molecule has 0 heterocycles. The molecule has 108 valence electrons. The number of nitrogens with one attached hydrogen (secondary N) is 2. The number of nitrogens with zero attached hydrogens (tertiary/aromatic N) is 1. The highest BCUT2D eigenvalue weighted by Crippen LogP contribution is 2.16. The molecule has 2 amide bonds. The highest BCUT2D eigenvalue weighted by atomic mass is 32.1. The molecular formula is C15H15N3O2S. The third-order valence-corrected chi connectivity index (χ3v) is 3.07. The van der Waals surface area contributed by atoms with Gasteiger partial charge in [-0.05, 0) is 29.8 Å². The van der Waals surface area contributed by atoms with Gasteiger partial charge in [-0.15, -0.1) is 0 Å². The molecular weight excluding hydrogens is 286 g/mol. The summed E-state index contributed by atoms with van der Waals surface area (Å²) in [6.07, 6.45) is 0.777. The molecule has 0 aliphatic heterocycles. The van der Waals surface area contributed by atoms with E-state index in [1.165, 1.54) is 0 Å². The summed E-state index contributed by atoms with van der Waals surface area (Å²) >= 11 is 3.73. The maximum absolute atomic E-state index is 11.5. The van der Waals surface area contributed by atoms with Crippen LogP contribution in [0, 0.1) is 0 Å². The van der Waals surface area contributed by atoms with Crippen molar-refractivity contribution in [3.8, 4) is 0 Å². The Hall–Kier alpha value is -2.47. The van der Waals surface area contributed by atoms with Crippen molar-refractivity contribution in [2.24, 2.45) is 0 Å². The number of amides is 2.